The minimum atomic E-state index is 0.207. The molecule has 1 aromatic rings. The Labute approximate surface area is 83.7 Å². The van der Waals surface area contributed by atoms with Gasteiger partial charge in [0.05, 0.1) is 0 Å². The first-order valence-electron chi connectivity index (χ1n) is 4.92. The number of nitrogens with one attached hydrogen (secondary N) is 1. The molecule has 0 amide bonds. The van der Waals surface area contributed by atoms with Crippen LogP contribution >= 0.6 is 0 Å². The first kappa shape index (κ1) is 9.34. The molecule has 0 saturated carbocycles. The maximum Gasteiger partial charge on any atom is 0.123 e. The van der Waals surface area contributed by atoms with E-state index in [-0.39, 0.29) is 11.9 Å². The molecule has 1 unspecified atom stereocenters. The highest BCUT2D eigenvalue weighted by Crippen LogP contribution is 2.21. The molecule has 0 radical (unpaired) electrons. The van der Waals surface area contributed by atoms with Gasteiger partial charge in [-0.1, -0.05) is 6.07 Å². The molecule has 0 aromatic heterocycles. The average molecular weight is 193 g/mol. The molecule has 1 aliphatic heterocycles. The zero-order valence-corrected chi connectivity index (χ0v) is 8.23. The average Bonchev–Trinajstić information content (AvgIpc) is 1.99. The molecule has 3 heteroatoms. The second-order valence-corrected chi connectivity index (χ2v) is 3.74. The minimum absolute atomic E-state index is 0.207. The lowest BCUT2D eigenvalue weighted by Gasteiger charge is -2.32. The van der Waals surface area contributed by atoms with E-state index in [1.165, 1.54) is 0 Å². The Morgan fingerprint density at radius 1 is 1.50 bits per heavy atom. The molecule has 0 aliphatic carbocycles. The van der Waals surface area contributed by atoms with Gasteiger partial charge in [-0.3, -0.25) is 0 Å². The van der Waals surface area contributed by atoms with Crippen LogP contribution in [0.5, 0.6) is 11.5 Å². The number of ether oxygens (including phenoxy) is 1. The molecule has 2 rings (SSSR count). The van der Waals surface area contributed by atoms with Crippen LogP contribution in [0.15, 0.2) is 24.3 Å². The summed E-state index contributed by atoms with van der Waals surface area (Å²) in [5.74, 6) is 1.59. The fraction of sp³-hybridized carbons (Fsp3) is 0.455. The third kappa shape index (κ3) is 1.99. The highest BCUT2D eigenvalue weighted by atomic mass is 16.5. The third-order valence-electron chi connectivity index (χ3n) is 2.62. The lowest BCUT2D eigenvalue weighted by molar-refractivity contribution is 0.114. The van der Waals surface area contributed by atoms with E-state index >= 15 is 0 Å². The largest absolute Gasteiger partial charge is 0.508 e. The summed E-state index contributed by atoms with van der Waals surface area (Å²) < 4.78 is 5.70. The third-order valence-corrected chi connectivity index (χ3v) is 2.62. The van der Waals surface area contributed by atoms with Crippen molar-refractivity contribution >= 4 is 0 Å². The van der Waals surface area contributed by atoms with Crippen molar-refractivity contribution in [1.82, 2.24) is 5.32 Å². The van der Waals surface area contributed by atoms with Gasteiger partial charge >= 0.3 is 0 Å². The molecular formula is C11H15NO2. The minimum Gasteiger partial charge on any atom is -0.508 e. The van der Waals surface area contributed by atoms with Crippen molar-refractivity contribution in [3.63, 3.8) is 0 Å². The molecule has 0 bridgehead atoms. The van der Waals surface area contributed by atoms with E-state index in [1.54, 1.807) is 18.2 Å². The van der Waals surface area contributed by atoms with Crippen molar-refractivity contribution in [1.29, 1.82) is 0 Å². The molecule has 2 N–H and O–H groups in total. The summed E-state index contributed by atoms with van der Waals surface area (Å²) in [6.07, 6.45) is 0.207. The predicted molar refractivity (Wildman–Crippen MR) is 54.6 cm³/mol. The molecule has 1 aromatic carbocycles. The summed E-state index contributed by atoms with van der Waals surface area (Å²) in [6.45, 7) is 4.12. The van der Waals surface area contributed by atoms with Crippen molar-refractivity contribution in [2.45, 2.75) is 13.0 Å². The fourth-order valence-corrected chi connectivity index (χ4v) is 1.51. The van der Waals surface area contributed by atoms with Gasteiger partial charge in [-0.25, -0.2) is 0 Å². The Hall–Kier alpha value is -1.22. The molecule has 1 saturated heterocycles. The van der Waals surface area contributed by atoms with E-state index in [1.807, 2.05) is 6.07 Å². The summed E-state index contributed by atoms with van der Waals surface area (Å²) in [6, 6.07) is 6.93. The van der Waals surface area contributed by atoms with E-state index in [0.29, 0.717) is 5.92 Å². The maximum atomic E-state index is 9.24. The summed E-state index contributed by atoms with van der Waals surface area (Å²) >= 11 is 0. The van der Waals surface area contributed by atoms with Gasteiger partial charge in [0.15, 0.2) is 0 Å². The van der Waals surface area contributed by atoms with Crippen LogP contribution in [-0.4, -0.2) is 24.3 Å². The van der Waals surface area contributed by atoms with E-state index in [2.05, 4.69) is 12.2 Å². The summed E-state index contributed by atoms with van der Waals surface area (Å²) in [5.41, 5.74) is 0. The Morgan fingerprint density at radius 3 is 2.86 bits per heavy atom. The molecular weight excluding hydrogens is 178 g/mol. The van der Waals surface area contributed by atoms with E-state index in [4.69, 9.17) is 4.74 Å². The highest BCUT2D eigenvalue weighted by Gasteiger charge is 2.24. The van der Waals surface area contributed by atoms with Crippen molar-refractivity contribution in [2.24, 2.45) is 5.92 Å². The van der Waals surface area contributed by atoms with Gasteiger partial charge in [-0.15, -0.1) is 0 Å². The van der Waals surface area contributed by atoms with Crippen LogP contribution in [0.25, 0.3) is 0 Å². The topological polar surface area (TPSA) is 41.5 Å². The standard InChI is InChI=1S/C11H15NO2/c1-8(9-6-12-7-9)14-11-4-2-3-10(13)5-11/h2-5,8-9,12-13H,6-7H2,1H3. The van der Waals surface area contributed by atoms with Gasteiger partial charge in [0.2, 0.25) is 0 Å². The van der Waals surface area contributed by atoms with E-state index < -0.39 is 0 Å². The van der Waals surface area contributed by atoms with Gasteiger partial charge in [-0.05, 0) is 19.1 Å². The highest BCUT2D eigenvalue weighted by molar-refractivity contribution is 5.31. The normalized spacial score (nSPS) is 18.6. The molecule has 1 heterocycles. The SMILES string of the molecule is CC(Oc1cccc(O)c1)C1CNC1. The Kier molecular flexibility index (Phi) is 2.59. The number of aromatic hydroxyl groups is 1. The van der Waals surface area contributed by atoms with Crippen LogP contribution in [-0.2, 0) is 0 Å². The molecule has 1 fully saturated rings. The molecule has 0 spiro atoms. The van der Waals surface area contributed by atoms with Crippen LogP contribution in [0.3, 0.4) is 0 Å². The molecule has 3 nitrogen and oxygen atoms in total. The maximum absolute atomic E-state index is 9.24. The first-order chi connectivity index (χ1) is 6.75. The molecule has 1 atom stereocenters. The van der Waals surface area contributed by atoms with Gasteiger partial charge < -0.3 is 15.2 Å². The lowest BCUT2D eigenvalue weighted by Crippen LogP contribution is -2.49. The van der Waals surface area contributed by atoms with Crippen LogP contribution < -0.4 is 10.1 Å². The van der Waals surface area contributed by atoms with E-state index in [9.17, 15) is 5.11 Å². The van der Waals surface area contributed by atoms with Crippen LogP contribution in [0, 0.1) is 5.92 Å². The smallest absolute Gasteiger partial charge is 0.123 e. The Bertz CT molecular complexity index is 310. The van der Waals surface area contributed by atoms with Crippen molar-refractivity contribution < 1.29 is 9.84 Å². The zero-order chi connectivity index (χ0) is 9.97. The Morgan fingerprint density at radius 2 is 2.29 bits per heavy atom. The quantitative estimate of drug-likeness (QED) is 0.762. The van der Waals surface area contributed by atoms with Gasteiger partial charge in [0, 0.05) is 25.1 Å². The van der Waals surface area contributed by atoms with Crippen molar-refractivity contribution in [3.8, 4) is 11.5 Å². The predicted octanol–water partition coefficient (Wildman–Crippen LogP) is 1.38. The zero-order valence-electron chi connectivity index (χ0n) is 8.23. The van der Waals surface area contributed by atoms with Crippen molar-refractivity contribution in [3.05, 3.63) is 24.3 Å². The summed E-state index contributed by atoms with van der Waals surface area (Å²) in [5, 5.41) is 12.5. The first-order valence-corrected chi connectivity index (χ1v) is 4.92. The Balaban J connectivity index is 1.95. The van der Waals surface area contributed by atoms with Crippen LogP contribution in [0.2, 0.25) is 0 Å². The number of rotatable bonds is 3. The summed E-state index contributed by atoms with van der Waals surface area (Å²) in [7, 11) is 0. The molecule has 1 aliphatic rings. The summed E-state index contributed by atoms with van der Waals surface area (Å²) in [4.78, 5) is 0. The van der Waals surface area contributed by atoms with Crippen LogP contribution in [0.1, 0.15) is 6.92 Å². The molecule has 76 valence electrons. The fourth-order valence-electron chi connectivity index (χ4n) is 1.51. The number of phenols is 1. The molecule has 14 heavy (non-hydrogen) atoms. The second kappa shape index (κ2) is 3.88. The van der Waals surface area contributed by atoms with Gasteiger partial charge in [-0.2, -0.15) is 0 Å². The monoisotopic (exact) mass is 193 g/mol. The number of phenolic OH excluding ortho intramolecular Hbond substituents is 1. The number of hydrogen-bond donors (Lipinski definition) is 2. The van der Waals surface area contributed by atoms with Crippen LogP contribution in [0.4, 0.5) is 0 Å². The number of benzene rings is 1. The second-order valence-electron chi connectivity index (χ2n) is 3.74. The van der Waals surface area contributed by atoms with Gasteiger partial charge in [0.25, 0.3) is 0 Å². The van der Waals surface area contributed by atoms with Crippen molar-refractivity contribution in [2.75, 3.05) is 13.1 Å². The van der Waals surface area contributed by atoms with E-state index in [0.717, 1.165) is 18.8 Å². The van der Waals surface area contributed by atoms with Gasteiger partial charge in [0.1, 0.15) is 17.6 Å². The lowest BCUT2D eigenvalue weighted by atomic mass is 9.98. The number of hydrogen-bond acceptors (Lipinski definition) is 3.